The van der Waals surface area contributed by atoms with E-state index in [1.807, 2.05) is 0 Å². The molecule has 0 amide bonds. The fraction of sp³-hybridized carbons (Fsp3) is 0.750. The molecular weight excluding hydrogens is 192 g/mol. The molecule has 0 aromatic heterocycles. The molecule has 86 valence electrons. The summed E-state index contributed by atoms with van der Waals surface area (Å²) < 4.78 is 10.2. The van der Waals surface area contributed by atoms with Gasteiger partial charge in [-0.2, -0.15) is 0 Å². The maximum Gasteiger partial charge on any atom is 0.514 e. The van der Waals surface area contributed by atoms with Crippen molar-refractivity contribution in [1.29, 1.82) is 0 Å². The number of carbonyl (C=O) groups excluding carboxylic acids is 1. The first-order valence-electron chi connectivity index (χ1n) is 5.46. The van der Waals surface area contributed by atoms with E-state index in [9.17, 15) is 4.79 Å². The lowest BCUT2D eigenvalue weighted by Crippen LogP contribution is -2.33. The van der Waals surface area contributed by atoms with Crippen molar-refractivity contribution < 1.29 is 14.3 Å². The molecule has 0 saturated carbocycles. The minimum absolute atomic E-state index is 0.440. The van der Waals surface area contributed by atoms with E-state index in [2.05, 4.69) is 34.3 Å². The van der Waals surface area contributed by atoms with E-state index >= 15 is 0 Å². The van der Waals surface area contributed by atoms with Gasteiger partial charge < -0.3 is 9.47 Å². The predicted molar refractivity (Wildman–Crippen MR) is 58.3 cm³/mol. The van der Waals surface area contributed by atoms with Crippen LogP contribution in [0.1, 0.15) is 40.5 Å². The van der Waals surface area contributed by atoms with Crippen LogP contribution >= 0.6 is 0 Å². The quantitative estimate of drug-likeness (QED) is 0.669. The van der Waals surface area contributed by atoms with Crippen molar-refractivity contribution in [2.45, 2.75) is 46.1 Å². The average Bonchev–Trinajstić information content (AvgIpc) is 2.22. The normalized spacial score (nSPS) is 19.6. The zero-order valence-electron chi connectivity index (χ0n) is 10.0. The van der Waals surface area contributed by atoms with E-state index in [1.54, 1.807) is 0 Å². The molecule has 1 rings (SSSR count). The van der Waals surface area contributed by atoms with E-state index in [1.165, 1.54) is 0 Å². The molecular formula is C12H20O3. The molecule has 0 bridgehead atoms. The smallest absolute Gasteiger partial charge is 0.419 e. The molecule has 0 aliphatic carbocycles. The monoisotopic (exact) mass is 212 g/mol. The summed E-state index contributed by atoms with van der Waals surface area (Å²) in [6.07, 6.45) is 0.937. The number of ether oxygens (including phenoxy) is 2. The number of rotatable bonds is 4. The summed E-state index contributed by atoms with van der Waals surface area (Å²) in [7, 11) is 0. The Morgan fingerprint density at radius 3 is 1.93 bits per heavy atom. The maximum atomic E-state index is 11.1. The van der Waals surface area contributed by atoms with Gasteiger partial charge in [0.05, 0.1) is 0 Å². The van der Waals surface area contributed by atoms with Crippen molar-refractivity contribution in [3.63, 3.8) is 0 Å². The minimum Gasteiger partial charge on any atom is -0.419 e. The molecule has 1 aliphatic heterocycles. The lowest BCUT2D eigenvalue weighted by atomic mass is 9.84. The SMILES string of the molecule is C=C1OC(=O)OC1(CC(C)C)CC(C)C. The Hall–Kier alpha value is -0.990. The van der Waals surface area contributed by atoms with Crippen molar-refractivity contribution in [2.24, 2.45) is 11.8 Å². The molecule has 0 aromatic carbocycles. The molecule has 1 fully saturated rings. The molecule has 0 N–H and O–H groups in total. The summed E-state index contributed by atoms with van der Waals surface area (Å²) in [5, 5.41) is 0. The molecule has 1 aliphatic rings. The molecule has 0 unspecified atom stereocenters. The van der Waals surface area contributed by atoms with Crippen LogP contribution in [0.3, 0.4) is 0 Å². The van der Waals surface area contributed by atoms with E-state index in [0.717, 1.165) is 12.8 Å². The van der Waals surface area contributed by atoms with Gasteiger partial charge in [-0.15, -0.1) is 0 Å². The zero-order chi connectivity index (χ0) is 11.6. The lowest BCUT2D eigenvalue weighted by molar-refractivity contribution is 0.0359. The van der Waals surface area contributed by atoms with Gasteiger partial charge in [-0.25, -0.2) is 4.79 Å². The second-order valence-corrected chi connectivity index (χ2v) is 5.07. The fourth-order valence-electron chi connectivity index (χ4n) is 2.14. The Morgan fingerprint density at radius 2 is 1.67 bits per heavy atom. The number of hydrogen-bond acceptors (Lipinski definition) is 3. The summed E-state index contributed by atoms with van der Waals surface area (Å²) in [5.41, 5.74) is -0.598. The Bertz CT molecular complexity index is 256. The lowest BCUT2D eigenvalue weighted by Gasteiger charge is -2.29. The minimum atomic E-state index is -0.610. The van der Waals surface area contributed by atoms with Crippen molar-refractivity contribution in [3.05, 3.63) is 12.3 Å². The average molecular weight is 212 g/mol. The second kappa shape index (κ2) is 4.25. The summed E-state index contributed by atoms with van der Waals surface area (Å²) in [4.78, 5) is 11.1. The number of carbonyl (C=O) groups is 1. The highest BCUT2D eigenvalue weighted by Gasteiger charge is 2.46. The van der Waals surface area contributed by atoms with Gasteiger partial charge in [-0.3, -0.25) is 0 Å². The van der Waals surface area contributed by atoms with Gasteiger partial charge in [0, 0.05) is 0 Å². The highest BCUT2D eigenvalue weighted by Crippen LogP contribution is 2.40. The van der Waals surface area contributed by atoms with Crippen LogP contribution in [0.25, 0.3) is 0 Å². The topological polar surface area (TPSA) is 35.5 Å². The van der Waals surface area contributed by atoms with Gasteiger partial charge in [0.1, 0.15) is 5.76 Å². The number of cyclic esters (lactones) is 2. The first-order valence-corrected chi connectivity index (χ1v) is 5.46. The first kappa shape index (κ1) is 12.1. The van der Waals surface area contributed by atoms with Crippen molar-refractivity contribution in [1.82, 2.24) is 0 Å². The van der Waals surface area contributed by atoms with Gasteiger partial charge in [0.25, 0.3) is 0 Å². The van der Waals surface area contributed by atoms with Gasteiger partial charge in [0.2, 0.25) is 0 Å². The van der Waals surface area contributed by atoms with Crippen molar-refractivity contribution in [3.8, 4) is 0 Å². The fourth-order valence-corrected chi connectivity index (χ4v) is 2.14. The van der Waals surface area contributed by atoms with Gasteiger partial charge in [-0.05, 0) is 24.7 Å². The van der Waals surface area contributed by atoms with Crippen LogP contribution in [0.2, 0.25) is 0 Å². The Balaban J connectivity index is 2.85. The zero-order valence-corrected chi connectivity index (χ0v) is 10.0. The molecule has 1 heterocycles. The third kappa shape index (κ3) is 2.74. The maximum absolute atomic E-state index is 11.1. The summed E-state index contributed by atoms with van der Waals surface area (Å²) in [6, 6.07) is 0. The third-order valence-electron chi connectivity index (χ3n) is 2.47. The third-order valence-corrected chi connectivity index (χ3v) is 2.47. The molecule has 0 radical (unpaired) electrons. The van der Waals surface area contributed by atoms with E-state index in [4.69, 9.17) is 9.47 Å². The summed E-state index contributed by atoms with van der Waals surface area (Å²) in [6.45, 7) is 12.2. The molecule has 15 heavy (non-hydrogen) atoms. The van der Waals surface area contributed by atoms with Crippen LogP contribution in [0, 0.1) is 11.8 Å². The molecule has 0 aromatic rings. The highest BCUT2D eigenvalue weighted by atomic mass is 16.8. The van der Waals surface area contributed by atoms with Gasteiger partial charge >= 0.3 is 6.16 Å². The molecule has 3 nitrogen and oxygen atoms in total. The largest absolute Gasteiger partial charge is 0.514 e. The van der Waals surface area contributed by atoms with E-state index < -0.39 is 11.8 Å². The molecule has 1 saturated heterocycles. The van der Waals surface area contributed by atoms with Gasteiger partial charge in [0.15, 0.2) is 5.60 Å². The summed E-state index contributed by atoms with van der Waals surface area (Å²) in [5.74, 6) is 1.35. The summed E-state index contributed by atoms with van der Waals surface area (Å²) >= 11 is 0. The van der Waals surface area contributed by atoms with Crippen molar-refractivity contribution >= 4 is 6.16 Å². The molecule has 3 heteroatoms. The van der Waals surface area contributed by atoms with Crippen LogP contribution in [0.4, 0.5) is 4.79 Å². The molecule has 0 atom stereocenters. The standard InChI is InChI=1S/C12H20O3/c1-8(2)6-12(7-9(3)4)10(5)14-11(13)15-12/h8-9H,5-7H2,1-4H3. The highest BCUT2D eigenvalue weighted by molar-refractivity contribution is 5.66. The van der Waals surface area contributed by atoms with Gasteiger partial charge in [-0.1, -0.05) is 34.3 Å². The van der Waals surface area contributed by atoms with Crippen LogP contribution < -0.4 is 0 Å². The Labute approximate surface area is 91.4 Å². The van der Waals surface area contributed by atoms with Crippen molar-refractivity contribution in [2.75, 3.05) is 0 Å². The predicted octanol–water partition coefficient (Wildman–Crippen LogP) is 3.50. The van der Waals surface area contributed by atoms with E-state index in [0.29, 0.717) is 17.6 Å². The first-order chi connectivity index (χ1) is 6.85. The number of hydrogen-bond donors (Lipinski definition) is 0. The Morgan fingerprint density at radius 1 is 1.20 bits per heavy atom. The van der Waals surface area contributed by atoms with E-state index in [-0.39, 0.29) is 0 Å². The van der Waals surface area contributed by atoms with Crippen LogP contribution in [-0.4, -0.2) is 11.8 Å². The van der Waals surface area contributed by atoms with Crippen LogP contribution in [-0.2, 0) is 9.47 Å². The Kier molecular flexibility index (Phi) is 3.42. The second-order valence-electron chi connectivity index (χ2n) is 5.07. The van der Waals surface area contributed by atoms with Crippen LogP contribution in [0.15, 0.2) is 12.3 Å². The van der Waals surface area contributed by atoms with Crippen LogP contribution in [0.5, 0.6) is 0 Å². The molecule has 0 spiro atoms.